The molecule has 0 bridgehead atoms. The number of aryl methyl sites for hydroxylation is 1. The Kier molecular flexibility index (Phi) is 9.43. The first-order chi connectivity index (χ1) is 22.4. The van der Waals surface area contributed by atoms with Gasteiger partial charge in [-0.3, -0.25) is 14.6 Å². The van der Waals surface area contributed by atoms with E-state index in [1.54, 1.807) is 14.2 Å². The number of benzene rings is 3. The number of hydrogen-bond acceptors (Lipinski definition) is 8. The number of methoxy groups -OCH3 is 2. The second kappa shape index (κ2) is 14.0. The lowest BCUT2D eigenvalue weighted by Crippen LogP contribution is -2.27. The third-order valence-corrected chi connectivity index (χ3v) is 9.00. The topological polar surface area (TPSA) is 111 Å². The summed E-state index contributed by atoms with van der Waals surface area (Å²) in [6.45, 7) is 0.435. The summed E-state index contributed by atoms with van der Waals surface area (Å²) in [6, 6.07) is 25.7. The van der Waals surface area contributed by atoms with Crippen LogP contribution in [-0.4, -0.2) is 48.3 Å². The maximum Gasteiger partial charge on any atom is 0.168 e. The normalized spacial score (nSPS) is 20.0. The van der Waals surface area contributed by atoms with Gasteiger partial charge in [0.05, 0.1) is 31.1 Å². The van der Waals surface area contributed by atoms with Crippen LogP contribution in [0, 0.1) is 0 Å². The Hall–Kier alpha value is -4.98. The van der Waals surface area contributed by atoms with Crippen LogP contribution in [0.3, 0.4) is 0 Å². The van der Waals surface area contributed by atoms with Crippen molar-refractivity contribution in [2.75, 3.05) is 20.8 Å². The molecule has 0 amide bonds. The number of hydrogen-bond donors (Lipinski definition) is 1. The molecular formula is C38H38N2O6. The number of aliphatic hydroxyl groups is 1. The molecule has 6 rings (SSSR count). The minimum absolute atomic E-state index is 0.00430. The number of allylic oxidation sites excluding steroid dienone is 2. The van der Waals surface area contributed by atoms with E-state index >= 15 is 0 Å². The smallest absolute Gasteiger partial charge is 0.168 e. The molecule has 0 spiro atoms. The van der Waals surface area contributed by atoms with Crippen molar-refractivity contribution < 1.29 is 28.7 Å². The number of fused-ring (bicyclic) bond motifs is 1. The number of Topliss-reactive ketones (excluding diaryl/α,β-unsaturated/α-hetero) is 2. The highest BCUT2D eigenvalue weighted by Crippen LogP contribution is 2.36. The van der Waals surface area contributed by atoms with E-state index in [1.165, 1.54) is 0 Å². The highest BCUT2D eigenvalue weighted by molar-refractivity contribution is 6.24. The number of carbonyl (C=O) groups excluding carboxylic acids is 2. The van der Waals surface area contributed by atoms with Crippen LogP contribution < -0.4 is 9.47 Å². The van der Waals surface area contributed by atoms with Crippen LogP contribution in [0.5, 0.6) is 11.5 Å². The molecule has 1 fully saturated rings. The van der Waals surface area contributed by atoms with Crippen LogP contribution in [0.25, 0.3) is 0 Å². The first kappa shape index (κ1) is 31.0. The summed E-state index contributed by atoms with van der Waals surface area (Å²) in [7, 11) is 3.20. The Bertz CT molecular complexity index is 1770. The Labute approximate surface area is 268 Å². The third-order valence-electron chi connectivity index (χ3n) is 9.00. The second-order valence-corrected chi connectivity index (χ2v) is 11.9. The lowest BCUT2D eigenvalue weighted by atomic mass is 9.78. The van der Waals surface area contributed by atoms with E-state index in [1.807, 2.05) is 78.9 Å². The molecule has 1 heterocycles. The van der Waals surface area contributed by atoms with Crippen LogP contribution in [0.15, 0.2) is 99.7 Å². The predicted octanol–water partition coefficient (Wildman–Crippen LogP) is 7.18. The summed E-state index contributed by atoms with van der Waals surface area (Å²) in [5.74, 6) is 1.75. The zero-order valence-corrected chi connectivity index (χ0v) is 26.2. The van der Waals surface area contributed by atoms with Gasteiger partial charge in [-0.2, -0.15) is 0 Å². The number of aromatic nitrogens is 1. The van der Waals surface area contributed by atoms with Crippen molar-refractivity contribution in [3.63, 3.8) is 0 Å². The largest absolute Gasteiger partial charge is 0.511 e. The molecule has 46 heavy (non-hydrogen) atoms. The first-order valence-electron chi connectivity index (χ1n) is 15.8. The van der Waals surface area contributed by atoms with Crippen molar-refractivity contribution in [3.05, 3.63) is 124 Å². The van der Waals surface area contributed by atoms with Gasteiger partial charge in [0.15, 0.2) is 23.1 Å². The van der Waals surface area contributed by atoms with Gasteiger partial charge in [-0.1, -0.05) is 71.9 Å². The predicted molar refractivity (Wildman–Crippen MR) is 175 cm³/mol. The van der Waals surface area contributed by atoms with Gasteiger partial charge in [0.25, 0.3) is 0 Å². The molecule has 3 aromatic carbocycles. The van der Waals surface area contributed by atoms with Crippen molar-refractivity contribution in [1.82, 2.24) is 5.16 Å². The minimum atomic E-state index is -0.133. The van der Waals surface area contributed by atoms with Gasteiger partial charge < -0.3 is 19.1 Å². The molecule has 1 aromatic heterocycles. The molecule has 0 radical (unpaired) electrons. The van der Waals surface area contributed by atoms with E-state index in [0.717, 1.165) is 16.7 Å². The van der Waals surface area contributed by atoms with Gasteiger partial charge >= 0.3 is 0 Å². The van der Waals surface area contributed by atoms with Crippen LogP contribution in [0.2, 0.25) is 0 Å². The van der Waals surface area contributed by atoms with E-state index in [4.69, 9.17) is 19.0 Å². The molecular weight excluding hydrogens is 580 g/mol. The quantitative estimate of drug-likeness (QED) is 0.148. The zero-order chi connectivity index (χ0) is 32.0. The average molecular weight is 619 g/mol. The zero-order valence-electron chi connectivity index (χ0n) is 26.2. The number of ether oxygens (including phenoxy) is 2. The Balaban J connectivity index is 1.22. The van der Waals surface area contributed by atoms with E-state index in [9.17, 15) is 14.7 Å². The molecule has 8 nitrogen and oxygen atoms in total. The lowest BCUT2D eigenvalue weighted by Gasteiger charge is -2.26. The fourth-order valence-corrected chi connectivity index (χ4v) is 6.62. The number of carbonyl (C=O) groups is 2. The molecule has 2 unspecified atom stereocenters. The van der Waals surface area contributed by atoms with Crippen LogP contribution >= 0.6 is 0 Å². The fraction of sp³-hybridized carbons (Fsp3) is 0.316. The molecule has 2 aliphatic carbocycles. The van der Waals surface area contributed by atoms with Gasteiger partial charge in [0.2, 0.25) is 0 Å². The number of nitrogens with zero attached hydrogens (tertiary/aromatic N) is 2. The van der Waals surface area contributed by atoms with Gasteiger partial charge in [0.1, 0.15) is 11.5 Å². The van der Waals surface area contributed by atoms with Gasteiger partial charge in [0, 0.05) is 44.4 Å². The molecule has 0 aliphatic heterocycles. The molecule has 0 saturated heterocycles. The van der Waals surface area contributed by atoms with Crippen molar-refractivity contribution in [2.45, 2.75) is 56.8 Å². The summed E-state index contributed by atoms with van der Waals surface area (Å²) in [5, 5.41) is 15.6. The van der Waals surface area contributed by atoms with Gasteiger partial charge in [-0.15, -0.1) is 0 Å². The highest BCUT2D eigenvalue weighted by Gasteiger charge is 2.34. The average Bonchev–Trinajstić information content (AvgIpc) is 3.51. The number of ketones is 2. The highest BCUT2D eigenvalue weighted by atomic mass is 16.5. The summed E-state index contributed by atoms with van der Waals surface area (Å²) >= 11 is 0. The van der Waals surface area contributed by atoms with Crippen LogP contribution in [0.4, 0.5) is 0 Å². The number of aliphatic imine (C=N–C) groups is 1. The van der Waals surface area contributed by atoms with Gasteiger partial charge in [-0.25, -0.2) is 0 Å². The molecule has 2 atom stereocenters. The van der Waals surface area contributed by atoms with Crippen molar-refractivity contribution in [1.29, 1.82) is 0 Å². The van der Waals surface area contributed by atoms with E-state index in [0.29, 0.717) is 66.5 Å². The van der Waals surface area contributed by atoms with Gasteiger partial charge in [-0.05, 0) is 53.5 Å². The maximum absolute atomic E-state index is 13.6. The molecule has 1 N–H and O–H groups in total. The van der Waals surface area contributed by atoms with Crippen molar-refractivity contribution in [2.24, 2.45) is 4.99 Å². The monoisotopic (exact) mass is 618 g/mol. The summed E-state index contributed by atoms with van der Waals surface area (Å²) in [4.78, 5) is 31.7. The molecule has 236 valence electrons. The van der Waals surface area contributed by atoms with Crippen molar-refractivity contribution >= 4 is 17.3 Å². The fourth-order valence-electron chi connectivity index (χ4n) is 6.62. The Morgan fingerprint density at radius 3 is 2.15 bits per heavy atom. The third kappa shape index (κ3) is 6.66. The Morgan fingerprint density at radius 2 is 1.48 bits per heavy atom. The molecule has 1 saturated carbocycles. The van der Waals surface area contributed by atoms with E-state index in [2.05, 4.69) is 5.16 Å². The first-order valence-corrected chi connectivity index (χ1v) is 15.8. The standard InChI is InChI=1S/C38H38N2O6/c1-44-34-16-13-24(19-35(34)45-2)17-18-39-30-20-27(25-9-5-3-6-10-25)21-32(42)37(30)31(41)15-14-29-38-33(43)22-28(23-36(38)46-40-29)26-11-7-4-8-12-26/h3-13,16,19,27-28,41H,14-15,17-18,20-23H2,1-2H3/b37-31+,39-30?. The minimum Gasteiger partial charge on any atom is -0.511 e. The SMILES string of the molecule is COc1ccc(CCN=C2CC(c3ccccc3)CC(=O)/C2=C(/O)CCc2noc3c2C(=O)CC(c2ccccc2)C3)cc1OC. The lowest BCUT2D eigenvalue weighted by molar-refractivity contribution is -0.116. The van der Waals surface area contributed by atoms with Crippen LogP contribution in [-0.2, 0) is 24.1 Å². The van der Waals surface area contributed by atoms with E-state index in [-0.39, 0.29) is 54.0 Å². The van der Waals surface area contributed by atoms with Crippen LogP contribution in [0.1, 0.15) is 76.0 Å². The van der Waals surface area contributed by atoms with Crippen molar-refractivity contribution in [3.8, 4) is 11.5 Å². The summed E-state index contributed by atoms with van der Waals surface area (Å²) < 4.78 is 16.4. The maximum atomic E-state index is 13.6. The second-order valence-electron chi connectivity index (χ2n) is 11.9. The number of aliphatic hydroxyl groups excluding tert-OH is 1. The number of rotatable bonds is 10. The summed E-state index contributed by atoms with van der Waals surface area (Å²) in [6.07, 6.45) is 2.87. The summed E-state index contributed by atoms with van der Waals surface area (Å²) in [5.41, 5.74) is 5.13. The molecule has 4 aromatic rings. The Morgan fingerprint density at radius 1 is 0.826 bits per heavy atom. The molecule has 2 aliphatic rings. The molecule has 8 heteroatoms. The van der Waals surface area contributed by atoms with E-state index < -0.39 is 0 Å².